The number of hydrogen-bond donors (Lipinski definition) is 1. The zero-order valence-corrected chi connectivity index (χ0v) is 10.4. The molecule has 3 rings (SSSR count). The zero-order valence-electron chi connectivity index (χ0n) is 8.70. The van der Waals surface area contributed by atoms with Gasteiger partial charge in [-0.05, 0) is 0 Å². The Morgan fingerprint density at radius 2 is 2.12 bits per heavy atom. The molecule has 0 aliphatic carbocycles. The van der Waals surface area contributed by atoms with Crippen LogP contribution < -0.4 is 5.56 Å². The van der Waals surface area contributed by atoms with Crippen molar-refractivity contribution in [3.8, 4) is 11.6 Å². The molecule has 0 radical (unpaired) electrons. The molecular formula is C12H8N2O2Se. The number of benzene rings is 1. The summed E-state index contributed by atoms with van der Waals surface area (Å²) in [5.74, 6) is 0.781. The summed E-state index contributed by atoms with van der Waals surface area (Å²) < 4.78 is 2.64. The van der Waals surface area contributed by atoms with Gasteiger partial charge in [0.2, 0.25) is 0 Å². The second kappa shape index (κ2) is 3.87. The minimum absolute atomic E-state index is 0.0883. The Labute approximate surface area is 103 Å². The maximum absolute atomic E-state index is 12.1. The first-order chi connectivity index (χ1) is 8.25. The Morgan fingerprint density at radius 1 is 1.24 bits per heavy atom. The van der Waals surface area contributed by atoms with E-state index in [4.69, 9.17) is 0 Å². The van der Waals surface area contributed by atoms with Gasteiger partial charge in [0.1, 0.15) is 0 Å². The number of nitrogens with zero attached hydrogens (tertiary/aromatic N) is 2. The summed E-state index contributed by atoms with van der Waals surface area (Å²) in [4.78, 5) is 16.3. The SMILES string of the molecule is O=c1c2cc(O)ccc2[se]n1-c1ccccn1. The van der Waals surface area contributed by atoms with Gasteiger partial charge in [-0.15, -0.1) is 0 Å². The summed E-state index contributed by atoms with van der Waals surface area (Å²) in [6.45, 7) is 0. The van der Waals surface area contributed by atoms with Gasteiger partial charge in [-0.25, -0.2) is 0 Å². The van der Waals surface area contributed by atoms with Gasteiger partial charge in [-0.2, -0.15) is 0 Å². The van der Waals surface area contributed by atoms with E-state index in [1.165, 1.54) is 6.07 Å². The Kier molecular flexibility index (Phi) is 2.35. The van der Waals surface area contributed by atoms with Gasteiger partial charge in [-0.3, -0.25) is 0 Å². The third kappa shape index (κ3) is 1.69. The predicted octanol–water partition coefficient (Wildman–Crippen LogP) is 1.15. The monoisotopic (exact) mass is 292 g/mol. The van der Waals surface area contributed by atoms with E-state index in [1.807, 2.05) is 18.2 Å². The fourth-order valence-electron chi connectivity index (χ4n) is 1.64. The van der Waals surface area contributed by atoms with Gasteiger partial charge in [0.25, 0.3) is 0 Å². The summed E-state index contributed by atoms with van der Waals surface area (Å²) in [5, 5.41) is 9.97. The molecule has 0 amide bonds. The van der Waals surface area contributed by atoms with Gasteiger partial charge < -0.3 is 0 Å². The number of phenolic OH excluding ortho intramolecular Hbond substituents is 1. The molecule has 0 saturated heterocycles. The van der Waals surface area contributed by atoms with Crippen molar-refractivity contribution in [2.24, 2.45) is 0 Å². The van der Waals surface area contributed by atoms with Crippen LogP contribution in [0.15, 0.2) is 47.4 Å². The summed E-state index contributed by atoms with van der Waals surface area (Å²) in [5.41, 5.74) is -0.0883. The topological polar surface area (TPSA) is 55.1 Å². The molecule has 0 aliphatic heterocycles. The second-order valence-electron chi connectivity index (χ2n) is 3.56. The van der Waals surface area contributed by atoms with E-state index in [1.54, 1.807) is 21.9 Å². The van der Waals surface area contributed by atoms with Crippen LogP contribution in [0.5, 0.6) is 5.75 Å². The van der Waals surface area contributed by atoms with Crippen molar-refractivity contribution in [1.29, 1.82) is 0 Å². The number of pyridine rings is 1. The van der Waals surface area contributed by atoms with Crippen LogP contribution >= 0.6 is 0 Å². The maximum atomic E-state index is 12.1. The van der Waals surface area contributed by atoms with Crippen LogP contribution in [0.3, 0.4) is 0 Å². The molecule has 84 valence electrons. The molecule has 2 aromatic heterocycles. The Balaban J connectivity index is 2.33. The number of rotatable bonds is 1. The van der Waals surface area contributed by atoms with E-state index in [2.05, 4.69) is 4.98 Å². The van der Waals surface area contributed by atoms with Gasteiger partial charge in [0, 0.05) is 0 Å². The third-order valence-electron chi connectivity index (χ3n) is 2.43. The molecule has 0 fully saturated rings. The molecule has 5 heteroatoms. The summed E-state index contributed by atoms with van der Waals surface area (Å²) in [6, 6.07) is 10.4. The van der Waals surface area contributed by atoms with Crippen LogP contribution in [0.2, 0.25) is 0 Å². The fourth-order valence-corrected chi connectivity index (χ4v) is 3.64. The summed E-state index contributed by atoms with van der Waals surface area (Å²) in [6.07, 6.45) is 1.67. The molecule has 0 spiro atoms. The minimum atomic E-state index is -0.103. The first-order valence-corrected chi connectivity index (χ1v) is 6.64. The predicted molar refractivity (Wildman–Crippen MR) is 65.9 cm³/mol. The van der Waals surface area contributed by atoms with E-state index in [9.17, 15) is 9.90 Å². The quantitative estimate of drug-likeness (QED) is 0.684. The number of aromatic nitrogens is 2. The van der Waals surface area contributed by atoms with Crippen molar-refractivity contribution in [3.63, 3.8) is 0 Å². The van der Waals surface area contributed by atoms with Gasteiger partial charge in [0.15, 0.2) is 0 Å². The number of phenols is 1. The molecular weight excluding hydrogens is 283 g/mol. The van der Waals surface area contributed by atoms with Gasteiger partial charge >= 0.3 is 103 Å². The average Bonchev–Trinajstić information content (AvgIpc) is 2.68. The Bertz CT molecular complexity index is 731. The molecule has 2 heterocycles. The fraction of sp³-hybridized carbons (Fsp3) is 0. The third-order valence-corrected chi connectivity index (χ3v) is 4.71. The van der Waals surface area contributed by atoms with Crippen molar-refractivity contribution in [3.05, 3.63) is 52.9 Å². The van der Waals surface area contributed by atoms with Crippen LogP contribution in [-0.2, 0) is 0 Å². The van der Waals surface area contributed by atoms with Crippen molar-refractivity contribution in [2.75, 3.05) is 0 Å². The molecule has 0 atom stereocenters. The number of fused-ring (bicyclic) bond motifs is 1. The molecule has 4 nitrogen and oxygen atoms in total. The molecule has 0 saturated carbocycles. The average molecular weight is 291 g/mol. The Hall–Kier alpha value is -1.84. The van der Waals surface area contributed by atoms with Gasteiger partial charge in [0.05, 0.1) is 0 Å². The van der Waals surface area contributed by atoms with E-state index < -0.39 is 0 Å². The van der Waals surface area contributed by atoms with Crippen LogP contribution in [0.1, 0.15) is 0 Å². The molecule has 3 aromatic rings. The first kappa shape index (κ1) is 10.3. The van der Waals surface area contributed by atoms with Crippen LogP contribution in [0.25, 0.3) is 15.5 Å². The van der Waals surface area contributed by atoms with Crippen molar-refractivity contribution >= 4 is 24.4 Å². The standard InChI is InChI=1S/C12H8N2O2Se/c15-8-4-5-10-9(7-8)12(16)14(17-10)11-3-1-2-6-13-11/h1-7,15H. The molecule has 17 heavy (non-hydrogen) atoms. The normalized spacial score (nSPS) is 10.8. The van der Waals surface area contributed by atoms with Crippen LogP contribution in [0, 0.1) is 0 Å². The molecule has 0 aliphatic rings. The number of aromatic hydroxyl groups is 1. The second-order valence-corrected chi connectivity index (χ2v) is 5.63. The van der Waals surface area contributed by atoms with Crippen molar-refractivity contribution in [2.45, 2.75) is 0 Å². The molecule has 0 bridgehead atoms. The number of hydrogen-bond acceptors (Lipinski definition) is 3. The van der Waals surface area contributed by atoms with Crippen molar-refractivity contribution in [1.82, 2.24) is 8.55 Å². The van der Waals surface area contributed by atoms with Crippen LogP contribution in [-0.4, -0.2) is 28.4 Å². The van der Waals surface area contributed by atoms with Crippen molar-refractivity contribution < 1.29 is 5.11 Å². The molecule has 1 aromatic carbocycles. The van der Waals surface area contributed by atoms with E-state index in [0.29, 0.717) is 11.2 Å². The van der Waals surface area contributed by atoms with E-state index in [-0.39, 0.29) is 26.0 Å². The van der Waals surface area contributed by atoms with E-state index >= 15 is 0 Å². The van der Waals surface area contributed by atoms with Gasteiger partial charge in [-0.1, -0.05) is 0 Å². The molecule has 0 unspecified atom stereocenters. The summed E-state index contributed by atoms with van der Waals surface area (Å²) in [7, 11) is 0. The van der Waals surface area contributed by atoms with E-state index in [0.717, 1.165) is 4.26 Å². The Morgan fingerprint density at radius 3 is 2.88 bits per heavy atom. The van der Waals surface area contributed by atoms with Crippen LogP contribution in [0.4, 0.5) is 0 Å². The zero-order chi connectivity index (χ0) is 11.8. The first-order valence-electron chi connectivity index (χ1n) is 5.02. The molecule has 1 N–H and O–H groups in total. The summed E-state index contributed by atoms with van der Waals surface area (Å²) >= 11 is -0.103.